The summed E-state index contributed by atoms with van der Waals surface area (Å²) >= 11 is 1.43. The van der Waals surface area contributed by atoms with E-state index in [1.54, 1.807) is 31.4 Å². The number of imide groups is 1. The van der Waals surface area contributed by atoms with Crippen LogP contribution in [-0.2, 0) is 9.59 Å². The first-order chi connectivity index (χ1) is 14.0. The van der Waals surface area contributed by atoms with Crippen LogP contribution in [0.1, 0.15) is 16.0 Å². The van der Waals surface area contributed by atoms with E-state index in [1.165, 1.54) is 16.2 Å². The molecule has 0 aliphatic carbocycles. The minimum atomic E-state index is -0.371. The number of amides is 2. The minimum Gasteiger partial charge on any atom is -0.497 e. The van der Waals surface area contributed by atoms with Crippen LogP contribution in [0, 0.1) is 13.8 Å². The van der Waals surface area contributed by atoms with Crippen molar-refractivity contribution in [3.8, 4) is 5.75 Å². The zero-order chi connectivity index (χ0) is 20.5. The molecule has 0 atom stereocenters. The third kappa shape index (κ3) is 3.43. The molecule has 146 valence electrons. The molecule has 1 aliphatic heterocycles. The van der Waals surface area contributed by atoms with Gasteiger partial charge in [-0.05, 0) is 66.8 Å². The van der Waals surface area contributed by atoms with Crippen LogP contribution in [0.2, 0.25) is 0 Å². The van der Waals surface area contributed by atoms with Crippen molar-refractivity contribution in [1.29, 1.82) is 0 Å². The van der Waals surface area contributed by atoms with Gasteiger partial charge in [0.25, 0.3) is 11.8 Å². The molecule has 3 aromatic rings. The molecule has 1 aromatic heterocycles. The Morgan fingerprint density at radius 1 is 0.966 bits per heavy atom. The smallest absolute Gasteiger partial charge is 0.282 e. The fraction of sp³-hybridized carbons (Fsp3) is 0.130. The molecule has 1 aliphatic rings. The Balaban J connectivity index is 1.79. The highest BCUT2D eigenvalue weighted by molar-refractivity contribution is 7.11. The van der Waals surface area contributed by atoms with E-state index in [0.29, 0.717) is 22.7 Å². The van der Waals surface area contributed by atoms with Crippen LogP contribution < -0.4 is 15.0 Å². The monoisotopic (exact) mass is 404 g/mol. The number of benzene rings is 2. The third-order valence-corrected chi connectivity index (χ3v) is 5.72. The van der Waals surface area contributed by atoms with Crippen LogP contribution in [0.4, 0.5) is 11.4 Å². The molecule has 0 fully saturated rings. The summed E-state index contributed by atoms with van der Waals surface area (Å²) in [6.07, 6.45) is 0. The summed E-state index contributed by atoms with van der Waals surface area (Å²) in [6, 6.07) is 16.6. The number of methoxy groups -OCH3 is 1. The van der Waals surface area contributed by atoms with Crippen molar-refractivity contribution in [3.63, 3.8) is 0 Å². The van der Waals surface area contributed by atoms with Crippen molar-refractivity contribution < 1.29 is 14.3 Å². The summed E-state index contributed by atoms with van der Waals surface area (Å²) < 4.78 is 5.18. The first-order valence-electron chi connectivity index (χ1n) is 9.15. The zero-order valence-electron chi connectivity index (χ0n) is 16.4. The van der Waals surface area contributed by atoms with Crippen molar-refractivity contribution in [2.75, 3.05) is 17.3 Å². The Kier molecular flexibility index (Phi) is 4.94. The summed E-state index contributed by atoms with van der Waals surface area (Å²) in [4.78, 5) is 28.6. The highest BCUT2D eigenvalue weighted by Crippen LogP contribution is 2.36. The summed E-state index contributed by atoms with van der Waals surface area (Å²) in [7, 11) is 1.57. The minimum absolute atomic E-state index is 0.293. The zero-order valence-corrected chi connectivity index (χ0v) is 17.2. The van der Waals surface area contributed by atoms with Gasteiger partial charge < -0.3 is 10.1 Å². The number of rotatable bonds is 5. The molecule has 1 N–H and O–H groups in total. The highest BCUT2D eigenvalue weighted by atomic mass is 32.1. The van der Waals surface area contributed by atoms with Gasteiger partial charge in [-0.2, -0.15) is 0 Å². The lowest BCUT2D eigenvalue weighted by Gasteiger charge is -2.16. The molecule has 0 radical (unpaired) electrons. The number of carbonyl (C=O) groups is 2. The summed E-state index contributed by atoms with van der Waals surface area (Å²) in [5.41, 5.74) is 4.07. The molecule has 2 aromatic carbocycles. The second kappa shape index (κ2) is 7.56. The van der Waals surface area contributed by atoms with E-state index in [0.717, 1.165) is 21.7 Å². The van der Waals surface area contributed by atoms with Gasteiger partial charge in [-0.3, -0.25) is 9.59 Å². The van der Waals surface area contributed by atoms with Crippen LogP contribution in [0.25, 0.3) is 5.57 Å². The molecule has 5 nitrogen and oxygen atoms in total. The average Bonchev–Trinajstić information content (AvgIpc) is 3.32. The second-order valence-electron chi connectivity index (χ2n) is 6.81. The standard InChI is InChI=1S/C23H20N2O3S/c1-14-6-7-15(2)18(13-14)24-21-20(19-5-4-12-29-19)22(26)25(23(21)27)16-8-10-17(28-3)11-9-16/h4-13,24H,1-3H3. The molecule has 4 rings (SSSR count). The molecule has 0 saturated heterocycles. The Labute approximate surface area is 173 Å². The molecular weight excluding hydrogens is 384 g/mol. The van der Waals surface area contributed by atoms with Gasteiger partial charge in [0.1, 0.15) is 11.4 Å². The number of ether oxygens (including phenoxy) is 1. The molecular formula is C23H20N2O3S. The van der Waals surface area contributed by atoms with Crippen LogP contribution >= 0.6 is 11.3 Å². The molecule has 2 heterocycles. The van der Waals surface area contributed by atoms with Crippen LogP contribution in [0.5, 0.6) is 5.75 Å². The van der Waals surface area contributed by atoms with Gasteiger partial charge in [0.15, 0.2) is 0 Å². The number of aryl methyl sites for hydroxylation is 2. The Hall–Kier alpha value is -3.38. The van der Waals surface area contributed by atoms with Crippen molar-refractivity contribution in [2.24, 2.45) is 0 Å². The van der Waals surface area contributed by atoms with Crippen molar-refractivity contribution in [1.82, 2.24) is 0 Å². The largest absolute Gasteiger partial charge is 0.497 e. The Morgan fingerprint density at radius 2 is 1.72 bits per heavy atom. The number of nitrogens with one attached hydrogen (secondary N) is 1. The molecule has 0 bridgehead atoms. The lowest BCUT2D eigenvalue weighted by Crippen LogP contribution is -2.32. The maximum Gasteiger partial charge on any atom is 0.282 e. The average molecular weight is 404 g/mol. The normalized spacial score (nSPS) is 14.0. The summed E-state index contributed by atoms with van der Waals surface area (Å²) in [5.74, 6) is -0.0482. The fourth-order valence-electron chi connectivity index (χ4n) is 3.27. The number of hydrogen-bond acceptors (Lipinski definition) is 5. The van der Waals surface area contributed by atoms with Crippen LogP contribution in [0.15, 0.2) is 65.7 Å². The summed E-state index contributed by atoms with van der Waals surface area (Å²) in [6.45, 7) is 3.96. The Morgan fingerprint density at radius 3 is 2.38 bits per heavy atom. The van der Waals surface area contributed by atoms with Gasteiger partial charge in [-0.25, -0.2) is 4.90 Å². The first-order valence-corrected chi connectivity index (χ1v) is 10.0. The molecule has 0 spiro atoms. The van der Waals surface area contributed by atoms with Gasteiger partial charge in [0.2, 0.25) is 0 Å². The van der Waals surface area contributed by atoms with E-state index < -0.39 is 0 Å². The lowest BCUT2D eigenvalue weighted by atomic mass is 10.1. The van der Waals surface area contributed by atoms with E-state index in [9.17, 15) is 9.59 Å². The molecule has 0 saturated carbocycles. The van der Waals surface area contributed by atoms with Gasteiger partial charge in [-0.15, -0.1) is 11.3 Å². The lowest BCUT2D eigenvalue weighted by molar-refractivity contribution is -0.120. The number of anilines is 2. The Bertz CT molecular complexity index is 1120. The van der Waals surface area contributed by atoms with Crippen molar-refractivity contribution in [2.45, 2.75) is 13.8 Å². The SMILES string of the molecule is COc1ccc(N2C(=O)C(Nc3cc(C)ccc3C)=C(c3cccs3)C2=O)cc1. The van der Waals surface area contributed by atoms with E-state index in [-0.39, 0.29) is 11.8 Å². The van der Waals surface area contributed by atoms with E-state index in [4.69, 9.17) is 4.74 Å². The van der Waals surface area contributed by atoms with Gasteiger partial charge >= 0.3 is 0 Å². The number of thiophene rings is 1. The number of hydrogen-bond donors (Lipinski definition) is 1. The van der Waals surface area contributed by atoms with Crippen molar-refractivity contribution in [3.05, 3.63) is 81.7 Å². The maximum atomic E-state index is 13.3. The fourth-order valence-corrected chi connectivity index (χ4v) is 4.03. The van der Waals surface area contributed by atoms with Crippen LogP contribution in [0.3, 0.4) is 0 Å². The summed E-state index contributed by atoms with van der Waals surface area (Å²) in [5, 5.41) is 5.13. The van der Waals surface area contributed by atoms with E-state index in [2.05, 4.69) is 5.32 Å². The first kappa shape index (κ1) is 19.0. The van der Waals surface area contributed by atoms with Gasteiger partial charge in [-0.1, -0.05) is 18.2 Å². The molecule has 29 heavy (non-hydrogen) atoms. The quantitative estimate of drug-likeness (QED) is 0.623. The van der Waals surface area contributed by atoms with Crippen LogP contribution in [-0.4, -0.2) is 18.9 Å². The predicted molar refractivity (Wildman–Crippen MR) is 116 cm³/mol. The third-order valence-electron chi connectivity index (χ3n) is 4.83. The molecule has 6 heteroatoms. The second-order valence-corrected chi connectivity index (χ2v) is 7.76. The maximum absolute atomic E-state index is 13.3. The van der Waals surface area contributed by atoms with Gasteiger partial charge in [0, 0.05) is 10.6 Å². The van der Waals surface area contributed by atoms with E-state index in [1.807, 2.05) is 49.6 Å². The predicted octanol–water partition coefficient (Wildman–Crippen LogP) is 4.77. The number of nitrogens with zero attached hydrogens (tertiary/aromatic N) is 1. The highest BCUT2D eigenvalue weighted by Gasteiger charge is 2.40. The number of carbonyl (C=O) groups excluding carboxylic acids is 2. The molecule has 0 unspecified atom stereocenters. The molecule has 2 amide bonds. The topological polar surface area (TPSA) is 58.6 Å². The van der Waals surface area contributed by atoms with E-state index >= 15 is 0 Å². The van der Waals surface area contributed by atoms with Gasteiger partial charge in [0.05, 0.1) is 18.4 Å². The van der Waals surface area contributed by atoms with Crippen molar-refractivity contribution >= 4 is 40.1 Å².